The zero-order valence-electron chi connectivity index (χ0n) is 13.7. The van der Waals surface area contributed by atoms with Crippen LogP contribution >= 0.6 is 0 Å². The van der Waals surface area contributed by atoms with Gasteiger partial charge in [0, 0.05) is 0 Å². The monoisotopic (exact) mass is 334 g/mol. The smallest absolute Gasteiger partial charge is 0.165 e. The first-order valence-corrected chi connectivity index (χ1v) is 8.38. The lowest BCUT2D eigenvalue weighted by Crippen LogP contribution is -2.20. The highest BCUT2D eigenvalue weighted by Crippen LogP contribution is 2.37. The minimum Gasteiger partial charge on any atom is -0.490 e. The fourth-order valence-electron chi connectivity index (χ4n) is 3.39. The fourth-order valence-corrected chi connectivity index (χ4v) is 3.39. The number of aryl methyl sites for hydroxylation is 1. The number of para-hydroxylation sites is 1. The first-order chi connectivity index (χ1) is 11.6. The first-order valence-electron chi connectivity index (χ1n) is 8.38. The van der Waals surface area contributed by atoms with E-state index in [-0.39, 0.29) is 17.5 Å². The van der Waals surface area contributed by atoms with Gasteiger partial charge < -0.3 is 4.74 Å². The lowest BCUT2D eigenvalue weighted by molar-refractivity contribution is 0.193. The highest BCUT2D eigenvalue weighted by molar-refractivity contribution is 5.28. The molecule has 0 aliphatic heterocycles. The maximum Gasteiger partial charge on any atom is 0.165 e. The lowest BCUT2D eigenvalue weighted by atomic mass is 9.78. The highest BCUT2D eigenvalue weighted by Gasteiger charge is 2.26. The van der Waals surface area contributed by atoms with Gasteiger partial charge in [0.2, 0.25) is 0 Å². The van der Waals surface area contributed by atoms with Crippen LogP contribution in [-0.2, 0) is 0 Å². The quantitative estimate of drug-likeness (QED) is 0.690. The Kier molecular flexibility index (Phi) is 5.12. The molecule has 4 heteroatoms. The van der Waals surface area contributed by atoms with E-state index in [2.05, 4.69) is 0 Å². The molecule has 3 rings (SSSR count). The number of hydrogen-bond donors (Lipinski definition) is 0. The van der Waals surface area contributed by atoms with Gasteiger partial charge in [-0.1, -0.05) is 24.3 Å². The molecule has 0 heterocycles. The Bertz CT molecular complexity index is 706. The van der Waals surface area contributed by atoms with E-state index in [4.69, 9.17) is 4.74 Å². The summed E-state index contributed by atoms with van der Waals surface area (Å²) in [7, 11) is 0. The maximum absolute atomic E-state index is 14.1. The summed E-state index contributed by atoms with van der Waals surface area (Å²) in [5, 5.41) is 0. The molecule has 0 saturated heterocycles. The van der Waals surface area contributed by atoms with Crippen LogP contribution in [0.5, 0.6) is 5.75 Å². The third kappa shape index (κ3) is 3.58. The minimum atomic E-state index is -0.738. The van der Waals surface area contributed by atoms with Crippen molar-refractivity contribution in [3.05, 3.63) is 65.0 Å². The molecule has 24 heavy (non-hydrogen) atoms. The van der Waals surface area contributed by atoms with Gasteiger partial charge in [0.1, 0.15) is 0 Å². The number of rotatable bonds is 4. The van der Waals surface area contributed by atoms with E-state index < -0.39 is 11.6 Å². The molecule has 0 atom stereocenters. The summed E-state index contributed by atoms with van der Waals surface area (Å²) in [5.74, 6) is -1.17. The molecule has 0 spiro atoms. The largest absolute Gasteiger partial charge is 0.490 e. The molecule has 2 aromatic carbocycles. The summed E-state index contributed by atoms with van der Waals surface area (Å²) in [6.07, 6.45) is 3.33. The molecule has 128 valence electrons. The van der Waals surface area contributed by atoms with Crippen LogP contribution in [0.3, 0.4) is 0 Å². The molecule has 1 aliphatic carbocycles. The minimum absolute atomic E-state index is 0.0461. The fraction of sp³-hybridized carbons (Fsp3) is 0.400. The van der Waals surface area contributed by atoms with Gasteiger partial charge in [0.25, 0.3) is 0 Å². The van der Waals surface area contributed by atoms with E-state index in [1.807, 2.05) is 0 Å². The standard InChI is InChI=1S/C20H21F3O/c1-13-6-11-16(20(23)19(13)22)15-9-7-14(8-10-15)12-24-18-5-3-2-4-17(18)21/h2-6,11,14-15H,7-10,12H2,1H3. The molecule has 0 N–H and O–H groups in total. The number of halogens is 3. The van der Waals surface area contributed by atoms with Crippen LogP contribution in [0.15, 0.2) is 36.4 Å². The molecule has 0 aromatic heterocycles. The van der Waals surface area contributed by atoms with Crippen molar-refractivity contribution < 1.29 is 17.9 Å². The Labute approximate surface area is 140 Å². The average Bonchev–Trinajstić information content (AvgIpc) is 2.60. The van der Waals surface area contributed by atoms with Crippen molar-refractivity contribution in [1.29, 1.82) is 0 Å². The van der Waals surface area contributed by atoms with Gasteiger partial charge in [-0.05, 0) is 67.7 Å². The van der Waals surface area contributed by atoms with Crippen molar-refractivity contribution in [2.75, 3.05) is 6.61 Å². The lowest BCUT2D eigenvalue weighted by Gasteiger charge is -2.29. The van der Waals surface area contributed by atoms with Crippen molar-refractivity contribution >= 4 is 0 Å². The van der Waals surface area contributed by atoms with Crippen LogP contribution in [0.2, 0.25) is 0 Å². The summed E-state index contributed by atoms with van der Waals surface area (Å²) < 4.78 is 47.0. The van der Waals surface area contributed by atoms with Crippen molar-refractivity contribution in [1.82, 2.24) is 0 Å². The van der Waals surface area contributed by atoms with Crippen molar-refractivity contribution in [3.8, 4) is 5.75 Å². The Hall–Kier alpha value is -1.97. The van der Waals surface area contributed by atoms with Gasteiger partial charge in [-0.3, -0.25) is 0 Å². The van der Waals surface area contributed by atoms with Gasteiger partial charge in [0.05, 0.1) is 6.61 Å². The second-order valence-electron chi connectivity index (χ2n) is 6.56. The van der Waals surface area contributed by atoms with Crippen LogP contribution < -0.4 is 4.74 Å². The summed E-state index contributed by atoms with van der Waals surface area (Å²) in [4.78, 5) is 0. The molecule has 0 amide bonds. The molecule has 2 aromatic rings. The molecular weight excluding hydrogens is 313 g/mol. The molecule has 0 bridgehead atoms. The zero-order valence-corrected chi connectivity index (χ0v) is 13.7. The molecule has 0 radical (unpaired) electrons. The Morgan fingerprint density at radius 1 is 0.917 bits per heavy atom. The molecule has 0 unspecified atom stereocenters. The molecule has 1 saturated carbocycles. The SMILES string of the molecule is Cc1ccc(C2CCC(COc3ccccc3F)CC2)c(F)c1F. The normalized spacial score (nSPS) is 20.8. The van der Waals surface area contributed by atoms with E-state index in [9.17, 15) is 13.2 Å². The van der Waals surface area contributed by atoms with Gasteiger partial charge in [-0.15, -0.1) is 0 Å². The molecule has 1 nitrogen and oxygen atoms in total. The topological polar surface area (TPSA) is 9.23 Å². The van der Waals surface area contributed by atoms with Crippen molar-refractivity contribution in [3.63, 3.8) is 0 Å². The van der Waals surface area contributed by atoms with Crippen molar-refractivity contribution in [2.24, 2.45) is 5.92 Å². The van der Waals surface area contributed by atoms with E-state index in [0.29, 0.717) is 23.7 Å². The van der Waals surface area contributed by atoms with Crippen LogP contribution in [0, 0.1) is 30.3 Å². The number of hydrogen-bond acceptors (Lipinski definition) is 1. The third-order valence-corrected chi connectivity index (χ3v) is 4.90. The molecular formula is C20H21F3O. The summed E-state index contributed by atoms with van der Waals surface area (Å²) in [5.41, 5.74) is 0.815. The van der Waals surface area contributed by atoms with Gasteiger partial charge >= 0.3 is 0 Å². The predicted octanol–water partition coefficient (Wildman–Crippen LogP) is 5.77. The number of benzene rings is 2. The van der Waals surface area contributed by atoms with Gasteiger partial charge in [-0.2, -0.15) is 0 Å². The zero-order chi connectivity index (χ0) is 17.1. The third-order valence-electron chi connectivity index (χ3n) is 4.90. The highest BCUT2D eigenvalue weighted by atomic mass is 19.2. The Morgan fingerprint density at radius 3 is 2.33 bits per heavy atom. The van der Waals surface area contributed by atoms with Crippen LogP contribution in [-0.4, -0.2) is 6.61 Å². The van der Waals surface area contributed by atoms with Crippen LogP contribution in [0.4, 0.5) is 13.2 Å². The Morgan fingerprint density at radius 2 is 1.62 bits per heavy atom. The van der Waals surface area contributed by atoms with Crippen LogP contribution in [0.1, 0.15) is 42.7 Å². The molecule has 1 fully saturated rings. The first kappa shape index (κ1) is 16.9. The van der Waals surface area contributed by atoms with Gasteiger partial charge in [-0.25, -0.2) is 13.2 Å². The summed E-state index contributed by atoms with van der Waals surface area (Å²) in [6, 6.07) is 9.70. The molecule has 1 aliphatic rings. The number of ether oxygens (including phenoxy) is 1. The van der Waals surface area contributed by atoms with E-state index in [1.54, 1.807) is 37.3 Å². The average molecular weight is 334 g/mol. The van der Waals surface area contributed by atoms with Crippen molar-refractivity contribution in [2.45, 2.75) is 38.5 Å². The predicted molar refractivity (Wildman–Crippen MR) is 87.7 cm³/mol. The summed E-state index contributed by atoms with van der Waals surface area (Å²) >= 11 is 0. The Balaban J connectivity index is 1.56. The van der Waals surface area contributed by atoms with E-state index >= 15 is 0 Å². The van der Waals surface area contributed by atoms with E-state index in [0.717, 1.165) is 25.7 Å². The maximum atomic E-state index is 14.1. The van der Waals surface area contributed by atoms with Crippen LogP contribution in [0.25, 0.3) is 0 Å². The summed E-state index contributed by atoms with van der Waals surface area (Å²) in [6.45, 7) is 2.03. The van der Waals surface area contributed by atoms with Gasteiger partial charge in [0.15, 0.2) is 23.2 Å². The second kappa shape index (κ2) is 7.29. The van der Waals surface area contributed by atoms with E-state index in [1.165, 1.54) is 6.07 Å². The second-order valence-corrected chi connectivity index (χ2v) is 6.56.